The number of benzene rings is 2. The van der Waals surface area contributed by atoms with E-state index in [9.17, 15) is 13.6 Å². The minimum Gasteiger partial charge on any atom is -0.382 e. The number of carbonyl (C=O) groups excluding carboxylic acids is 1. The predicted molar refractivity (Wildman–Crippen MR) is 105 cm³/mol. The molecule has 3 rings (SSSR count). The number of rotatable bonds is 6. The topological polar surface area (TPSA) is 44.4 Å². The summed E-state index contributed by atoms with van der Waals surface area (Å²) in [5.74, 6) is -0.669. The van der Waals surface area contributed by atoms with Gasteiger partial charge in [0.05, 0.1) is 5.69 Å². The molecular weight excluding hydrogens is 348 g/mol. The largest absolute Gasteiger partial charge is 0.382 e. The summed E-state index contributed by atoms with van der Waals surface area (Å²) in [7, 11) is 0. The fourth-order valence-electron chi connectivity index (χ4n) is 3.19. The minimum absolute atomic E-state index is 0.162. The van der Waals surface area contributed by atoms with Gasteiger partial charge in [-0.1, -0.05) is 6.92 Å². The molecule has 0 saturated carbocycles. The average molecular weight is 373 g/mol. The number of nitrogens with zero attached hydrogens (tertiary/aromatic N) is 1. The molecular formula is C21H25F2N3O. The van der Waals surface area contributed by atoms with E-state index < -0.39 is 11.6 Å². The second kappa shape index (κ2) is 8.84. The van der Waals surface area contributed by atoms with Gasteiger partial charge in [-0.15, -0.1) is 0 Å². The van der Waals surface area contributed by atoms with Gasteiger partial charge in [0.1, 0.15) is 11.6 Å². The van der Waals surface area contributed by atoms with E-state index in [1.54, 1.807) is 0 Å². The zero-order valence-electron chi connectivity index (χ0n) is 15.5. The number of carbonyl (C=O) groups is 1. The Morgan fingerprint density at radius 2 is 1.81 bits per heavy atom. The molecule has 1 heterocycles. The van der Waals surface area contributed by atoms with Crippen molar-refractivity contribution < 1.29 is 13.6 Å². The summed E-state index contributed by atoms with van der Waals surface area (Å²) in [5, 5.41) is 5.64. The minimum atomic E-state index is -0.668. The van der Waals surface area contributed by atoms with Crippen molar-refractivity contribution in [1.82, 2.24) is 0 Å². The van der Waals surface area contributed by atoms with Crippen LogP contribution in [0.3, 0.4) is 0 Å². The van der Waals surface area contributed by atoms with Crippen molar-refractivity contribution >= 4 is 23.0 Å². The number of amides is 1. The molecule has 1 fully saturated rings. The monoisotopic (exact) mass is 373 g/mol. The fraction of sp³-hybridized carbons (Fsp3) is 0.381. The maximum absolute atomic E-state index is 13.5. The number of nitrogens with one attached hydrogen (secondary N) is 2. The van der Waals surface area contributed by atoms with Crippen LogP contribution in [-0.4, -0.2) is 25.5 Å². The molecule has 0 atom stereocenters. The Bertz CT molecular complexity index is 771. The highest BCUT2D eigenvalue weighted by atomic mass is 19.1. The summed E-state index contributed by atoms with van der Waals surface area (Å²) < 4.78 is 26.4. The fourth-order valence-corrected chi connectivity index (χ4v) is 3.19. The third kappa shape index (κ3) is 5.42. The predicted octanol–water partition coefficient (Wildman–Crippen LogP) is 4.64. The van der Waals surface area contributed by atoms with Crippen LogP contribution in [-0.2, 0) is 4.79 Å². The lowest BCUT2D eigenvalue weighted by Gasteiger charge is -2.32. The lowest BCUT2D eigenvalue weighted by atomic mass is 9.99. The molecule has 4 nitrogen and oxygen atoms in total. The quantitative estimate of drug-likeness (QED) is 0.775. The highest BCUT2D eigenvalue weighted by Crippen LogP contribution is 2.24. The highest BCUT2D eigenvalue weighted by molar-refractivity contribution is 5.91. The molecule has 0 radical (unpaired) electrons. The molecule has 2 N–H and O–H groups in total. The van der Waals surface area contributed by atoms with E-state index in [4.69, 9.17) is 0 Å². The molecule has 1 aliphatic heterocycles. The molecule has 0 bridgehead atoms. The van der Waals surface area contributed by atoms with E-state index in [1.165, 1.54) is 30.7 Å². The summed E-state index contributed by atoms with van der Waals surface area (Å²) in [4.78, 5) is 14.4. The van der Waals surface area contributed by atoms with Crippen molar-refractivity contribution in [3.8, 4) is 0 Å². The van der Waals surface area contributed by atoms with Crippen molar-refractivity contribution in [1.29, 1.82) is 0 Å². The first-order valence-electron chi connectivity index (χ1n) is 9.35. The Kier molecular flexibility index (Phi) is 6.27. The van der Waals surface area contributed by atoms with E-state index in [2.05, 4.69) is 22.5 Å². The first-order valence-corrected chi connectivity index (χ1v) is 9.35. The molecule has 27 heavy (non-hydrogen) atoms. The van der Waals surface area contributed by atoms with Crippen molar-refractivity contribution in [3.05, 3.63) is 54.1 Å². The van der Waals surface area contributed by atoms with E-state index in [0.29, 0.717) is 0 Å². The number of piperidine rings is 1. The lowest BCUT2D eigenvalue weighted by Crippen LogP contribution is -2.32. The van der Waals surface area contributed by atoms with Crippen LogP contribution in [0.2, 0.25) is 0 Å². The molecule has 0 spiro atoms. The second-order valence-corrected chi connectivity index (χ2v) is 7.07. The van der Waals surface area contributed by atoms with Crippen LogP contribution in [0.4, 0.5) is 25.8 Å². The van der Waals surface area contributed by atoms with Gasteiger partial charge in [-0.2, -0.15) is 0 Å². The molecule has 1 amide bonds. The molecule has 144 valence electrons. The SMILES string of the molecule is CC1CCN(c2ccc(NC(=O)CCNc3ccc(F)cc3F)cc2)CC1. The Morgan fingerprint density at radius 3 is 2.48 bits per heavy atom. The Labute approximate surface area is 158 Å². The summed E-state index contributed by atoms with van der Waals surface area (Å²) >= 11 is 0. The number of hydrogen-bond donors (Lipinski definition) is 2. The average Bonchev–Trinajstić information content (AvgIpc) is 2.65. The second-order valence-electron chi connectivity index (χ2n) is 7.07. The van der Waals surface area contributed by atoms with Gasteiger partial charge >= 0.3 is 0 Å². The maximum Gasteiger partial charge on any atom is 0.226 e. The van der Waals surface area contributed by atoms with Crippen LogP contribution in [0.5, 0.6) is 0 Å². The van der Waals surface area contributed by atoms with Crippen LogP contribution < -0.4 is 15.5 Å². The van der Waals surface area contributed by atoms with Crippen LogP contribution in [0, 0.1) is 17.6 Å². The first kappa shape index (κ1) is 19.1. The first-order chi connectivity index (χ1) is 13.0. The van der Waals surface area contributed by atoms with Crippen molar-refractivity contribution in [3.63, 3.8) is 0 Å². The van der Waals surface area contributed by atoms with Crippen LogP contribution >= 0.6 is 0 Å². The molecule has 2 aromatic rings. The molecule has 0 aliphatic carbocycles. The normalized spacial score (nSPS) is 14.9. The molecule has 2 aromatic carbocycles. The van der Waals surface area contributed by atoms with E-state index in [-0.39, 0.29) is 24.6 Å². The third-order valence-electron chi connectivity index (χ3n) is 4.90. The van der Waals surface area contributed by atoms with Crippen molar-refractivity contribution in [2.24, 2.45) is 5.92 Å². The highest BCUT2D eigenvalue weighted by Gasteiger charge is 2.15. The Morgan fingerprint density at radius 1 is 1.11 bits per heavy atom. The number of anilines is 3. The third-order valence-corrected chi connectivity index (χ3v) is 4.90. The van der Waals surface area contributed by atoms with Gasteiger partial charge in [0.25, 0.3) is 0 Å². The van der Waals surface area contributed by atoms with Gasteiger partial charge in [-0.05, 0) is 55.2 Å². The zero-order valence-corrected chi connectivity index (χ0v) is 15.5. The molecule has 0 aromatic heterocycles. The summed E-state index contributed by atoms with van der Waals surface area (Å²) in [5.41, 5.74) is 2.10. The summed E-state index contributed by atoms with van der Waals surface area (Å²) in [6.07, 6.45) is 2.60. The zero-order chi connectivity index (χ0) is 19.2. The van der Waals surface area contributed by atoms with Gasteiger partial charge in [0.15, 0.2) is 0 Å². The van der Waals surface area contributed by atoms with Crippen LogP contribution in [0.15, 0.2) is 42.5 Å². The molecule has 1 aliphatic rings. The molecule has 1 saturated heterocycles. The summed E-state index contributed by atoms with van der Waals surface area (Å²) in [6.45, 7) is 4.69. The lowest BCUT2D eigenvalue weighted by molar-refractivity contribution is -0.115. The maximum atomic E-state index is 13.5. The Balaban J connectivity index is 1.45. The summed E-state index contributed by atoms with van der Waals surface area (Å²) in [6, 6.07) is 11.2. The standard InChI is InChI=1S/C21H25F2N3O/c1-15-9-12-26(13-10-15)18-5-3-17(4-6-18)25-21(27)8-11-24-20-7-2-16(22)14-19(20)23/h2-7,14-15,24H,8-13H2,1H3,(H,25,27). The van der Waals surface area contributed by atoms with E-state index >= 15 is 0 Å². The Hall–Kier alpha value is -2.63. The van der Waals surface area contributed by atoms with Gasteiger partial charge in [-0.25, -0.2) is 8.78 Å². The van der Waals surface area contributed by atoms with Crippen LogP contribution in [0.25, 0.3) is 0 Å². The van der Waals surface area contributed by atoms with Gasteiger partial charge in [0.2, 0.25) is 5.91 Å². The number of halogens is 2. The molecule has 0 unspecified atom stereocenters. The van der Waals surface area contributed by atoms with Gasteiger partial charge in [0, 0.05) is 43.5 Å². The van der Waals surface area contributed by atoms with E-state index in [1.807, 2.05) is 24.3 Å². The van der Waals surface area contributed by atoms with Crippen molar-refractivity contribution in [2.45, 2.75) is 26.2 Å². The smallest absolute Gasteiger partial charge is 0.226 e. The van der Waals surface area contributed by atoms with Gasteiger partial charge in [-0.3, -0.25) is 4.79 Å². The van der Waals surface area contributed by atoms with Gasteiger partial charge < -0.3 is 15.5 Å². The van der Waals surface area contributed by atoms with E-state index in [0.717, 1.165) is 30.8 Å². The number of hydrogen-bond acceptors (Lipinski definition) is 3. The van der Waals surface area contributed by atoms with Crippen LogP contribution in [0.1, 0.15) is 26.2 Å². The van der Waals surface area contributed by atoms with Crippen molar-refractivity contribution in [2.75, 3.05) is 35.2 Å². The molecule has 6 heteroatoms.